The fourth-order valence-electron chi connectivity index (χ4n) is 4.37. The molecule has 2 aliphatic rings. The average molecular weight is 448 g/mol. The van der Waals surface area contributed by atoms with Gasteiger partial charge in [0.15, 0.2) is 11.5 Å². The number of anilines is 1. The predicted molar refractivity (Wildman–Crippen MR) is 122 cm³/mol. The third-order valence-electron chi connectivity index (χ3n) is 5.96. The molecule has 0 radical (unpaired) electrons. The van der Waals surface area contributed by atoms with E-state index in [-0.39, 0.29) is 17.8 Å². The molecule has 8 heteroatoms. The number of likely N-dealkylation sites (tertiary alicyclic amines) is 1. The van der Waals surface area contributed by atoms with E-state index >= 15 is 0 Å². The quantitative estimate of drug-likeness (QED) is 0.599. The lowest BCUT2D eigenvalue weighted by molar-refractivity contribution is 0.0732. The summed E-state index contributed by atoms with van der Waals surface area (Å²) in [6.07, 6.45) is 3.34. The molecular formula is C25H25FN4O3. The lowest BCUT2D eigenvalue weighted by Crippen LogP contribution is -2.32. The first-order valence-electron chi connectivity index (χ1n) is 11.0. The molecule has 0 saturated carbocycles. The van der Waals surface area contributed by atoms with E-state index in [1.165, 1.54) is 12.1 Å². The van der Waals surface area contributed by atoms with Crippen LogP contribution < -0.4 is 14.4 Å². The van der Waals surface area contributed by atoms with Crippen molar-refractivity contribution in [1.29, 1.82) is 0 Å². The number of hydrogen-bond donors (Lipinski definition) is 0. The van der Waals surface area contributed by atoms with E-state index in [0.717, 1.165) is 24.1 Å². The molecular weight excluding hydrogens is 423 g/mol. The molecule has 3 aromatic rings. The van der Waals surface area contributed by atoms with Crippen molar-refractivity contribution in [1.82, 2.24) is 14.9 Å². The van der Waals surface area contributed by atoms with Gasteiger partial charge in [-0.25, -0.2) is 14.4 Å². The molecule has 170 valence electrons. The first kappa shape index (κ1) is 21.2. The molecule has 0 N–H and O–H groups in total. The Balaban J connectivity index is 1.54. The van der Waals surface area contributed by atoms with E-state index in [9.17, 15) is 9.18 Å². The summed E-state index contributed by atoms with van der Waals surface area (Å²) in [7, 11) is 3.74. The molecule has 0 aliphatic carbocycles. The van der Waals surface area contributed by atoms with E-state index in [1.54, 1.807) is 30.5 Å². The van der Waals surface area contributed by atoms with Crippen LogP contribution in [0.3, 0.4) is 0 Å². The van der Waals surface area contributed by atoms with Crippen LogP contribution in [-0.2, 0) is 0 Å². The van der Waals surface area contributed by atoms with E-state index in [1.807, 2.05) is 30.0 Å². The van der Waals surface area contributed by atoms with Gasteiger partial charge in [0.2, 0.25) is 5.95 Å². The van der Waals surface area contributed by atoms with Gasteiger partial charge < -0.3 is 19.3 Å². The number of nitrogens with zero attached hydrogens (tertiary/aromatic N) is 4. The van der Waals surface area contributed by atoms with Gasteiger partial charge in [0.25, 0.3) is 5.91 Å². The number of carbonyl (C=O) groups excluding carboxylic acids is 1. The topological polar surface area (TPSA) is 67.8 Å². The third kappa shape index (κ3) is 4.08. The molecule has 1 aromatic heterocycles. The molecule has 33 heavy (non-hydrogen) atoms. The Labute approximate surface area is 191 Å². The van der Waals surface area contributed by atoms with Crippen molar-refractivity contribution in [3.63, 3.8) is 0 Å². The highest BCUT2D eigenvalue weighted by molar-refractivity contribution is 5.95. The Morgan fingerprint density at radius 1 is 1.12 bits per heavy atom. The van der Waals surface area contributed by atoms with Crippen LogP contribution in [0.25, 0.3) is 11.1 Å². The van der Waals surface area contributed by atoms with Crippen LogP contribution in [0.4, 0.5) is 10.3 Å². The van der Waals surface area contributed by atoms with Gasteiger partial charge in [-0.2, -0.15) is 0 Å². The Kier molecular flexibility index (Phi) is 5.58. The summed E-state index contributed by atoms with van der Waals surface area (Å²) in [5.74, 6) is 1.36. The van der Waals surface area contributed by atoms with Gasteiger partial charge in [0.05, 0.1) is 11.7 Å². The van der Waals surface area contributed by atoms with Gasteiger partial charge in [-0.05, 0) is 48.7 Å². The highest BCUT2D eigenvalue weighted by Crippen LogP contribution is 2.39. The number of amides is 1. The number of halogens is 1. The van der Waals surface area contributed by atoms with Crippen LogP contribution in [0, 0.1) is 5.82 Å². The van der Waals surface area contributed by atoms with Gasteiger partial charge in [-0.15, -0.1) is 0 Å². The Hall–Kier alpha value is -3.68. The second-order valence-corrected chi connectivity index (χ2v) is 8.39. The van der Waals surface area contributed by atoms with Crippen molar-refractivity contribution in [2.75, 3.05) is 38.8 Å². The zero-order valence-corrected chi connectivity index (χ0v) is 18.6. The number of carbonyl (C=O) groups is 1. The van der Waals surface area contributed by atoms with Crippen LogP contribution >= 0.6 is 0 Å². The maximum atomic E-state index is 14.0. The van der Waals surface area contributed by atoms with Crippen molar-refractivity contribution < 1.29 is 18.7 Å². The van der Waals surface area contributed by atoms with Crippen molar-refractivity contribution in [2.24, 2.45) is 0 Å². The molecule has 1 atom stereocenters. The second-order valence-electron chi connectivity index (χ2n) is 8.39. The van der Waals surface area contributed by atoms with Crippen molar-refractivity contribution >= 4 is 11.9 Å². The first-order valence-corrected chi connectivity index (χ1v) is 11.0. The number of ether oxygens (including phenoxy) is 2. The lowest BCUT2D eigenvalue weighted by Gasteiger charge is -2.27. The molecule has 0 bridgehead atoms. The number of fused-ring (bicyclic) bond motifs is 1. The minimum Gasteiger partial charge on any atom is -0.486 e. The van der Waals surface area contributed by atoms with Crippen molar-refractivity contribution in [3.8, 4) is 22.6 Å². The molecule has 3 heterocycles. The SMILES string of the molecule is CN(C)c1ncc(-c2cccc(F)c2)c([C@@H]2CCCN2C(=O)c2ccc3c(c2)OCCO3)n1. The minimum atomic E-state index is -0.328. The summed E-state index contributed by atoms with van der Waals surface area (Å²) in [4.78, 5) is 26.5. The van der Waals surface area contributed by atoms with E-state index in [4.69, 9.17) is 14.5 Å². The number of benzene rings is 2. The summed E-state index contributed by atoms with van der Waals surface area (Å²) < 4.78 is 25.2. The maximum absolute atomic E-state index is 14.0. The van der Waals surface area contributed by atoms with Gasteiger partial charge in [0, 0.05) is 38.0 Å². The number of rotatable bonds is 4. The molecule has 7 nitrogen and oxygen atoms in total. The molecule has 5 rings (SSSR count). The van der Waals surface area contributed by atoms with Crippen LogP contribution in [0.15, 0.2) is 48.7 Å². The minimum absolute atomic E-state index is 0.0929. The monoisotopic (exact) mass is 448 g/mol. The summed E-state index contributed by atoms with van der Waals surface area (Å²) in [5, 5.41) is 0. The molecule has 1 fully saturated rings. The summed E-state index contributed by atoms with van der Waals surface area (Å²) >= 11 is 0. The fourth-order valence-corrected chi connectivity index (χ4v) is 4.37. The molecule has 0 spiro atoms. The molecule has 2 aromatic carbocycles. The lowest BCUT2D eigenvalue weighted by atomic mass is 9.99. The Bertz CT molecular complexity index is 1200. The first-order chi connectivity index (χ1) is 16.0. The highest BCUT2D eigenvalue weighted by atomic mass is 19.1. The zero-order chi connectivity index (χ0) is 22.9. The molecule has 0 unspecified atom stereocenters. The summed E-state index contributed by atoms with van der Waals surface area (Å²) in [6, 6.07) is 11.4. The third-order valence-corrected chi connectivity index (χ3v) is 5.96. The largest absolute Gasteiger partial charge is 0.486 e. The van der Waals surface area contributed by atoms with E-state index in [0.29, 0.717) is 48.3 Å². The number of aromatic nitrogens is 2. The normalized spacial score (nSPS) is 17.2. The average Bonchev–Trinajstić information content (AvgIpc) is 3.32. The smallest absolute Gasteiger partial charge is 0.254 e. The van der Waals surface area contributed by atoms with Crippen molar-refractivity contribution in [2.45, 2.75) is 18.9 Å². The van der Waals surface area contributed by atoms with Crippen LogP contribution in [0.2, 0.25) is 0 Å². The predicted octanol–water partition coefficient (Wildman–Crippen LogP) is 4.10. The van der Waals surface area contributed by atoms with Gasteiger partial charge in [0.1, 0.15) is 19.0 Å². The van der Waals surface area contributed by atoms with Gasteiger partial charge in [-0.3, -0.25) is 4.79 Å². The Morgan fingerprint density at radius 3 is 2.73 bits per heavy atom. The summed E-state index contributed by atoms with van der Waals surface area (Å²) in [6.45, 7) is 1.57. The van der Waals surface area contributed by atoms with Crippen LogP contribution in [0.5, 0.6) is 11.5 Å². The zero-order valence-electron chi connectivity index (χ0n) is 18.6. The molecule has 1 amide bonds. The van der Waals surface area contributed by atoms with E-state index < -0.39 is 0 Å². The molecule has 2 aliphatic heterocycles. The highest BCUT2D eigenvalue weighted by Gasteiger charge is 2.34. The van der Waals surface area contributed by atoms with Crippen molar-refractivity contribution in [3.05, 3.63) is 65.7 Å². The van der Waals surface area contributed by atoms with E-state index in [2.05, 4.69) is 4.98 Å². The fraction of sp³-hybridized carbons (Fsp3) is 0.320. The van der Waals surface area contributed by atoms with Crippen LogP contribution in [0.1, 0.15) is 34.9 Å². The summed E-state index contributed by atoms with van der Waals surface area (Å²) in [5.41, 5.74) is 2.68. The van der Waals surface area contributed by atoms with Gasteiger partial charge in [-0.1, -0.05) is 12.1 Å². The maximum Gasteiger partial charge on any atom is 0.254 e. The standard InChI is InChI=1S/C25H25FN4O3/c1-29(2)25-27-15-19(16-5-3-6-18(26)13-16)23(28-25)20-7-4-10-30(20)24(31)17-8-9-21-22(14-17)33-12-11-32-21/h3,5-6,8-9,13-15,20H,4,7,10-12H2,1-2H3/t20-/m0/s1. The molecule has 1 saturated heterocycles. The number of hydrogen-bond acceptors (Lipinski definition) is 6. The second kappa shape index (κ2) is 8.69. The van der Waals surface area contributed by atoms with Crippen LogP contribution in [-0.4, -0.2) is 54.6 Å². The van der Waals surface area contributed by atoms with Gasteiger partial charge >= 0.3 is 0 Å². The Morgan fingerprint density at radius 2 is 1.94 bits per heavy atom.